The Morgan fingerprint density at radius 3 is 2.86 bits per heavy atom. The van der Waals surface area contributed by atoms with Crippen LogP contribution in [0.5, 0.6) is 0 Å². The van der Waals surface area contributed by atoms with Crippen molar-refractivity contribution in [2.75, 3.05) is 12.0 Å². The molecule has 2 N–H and O–H groups in total. The average Bonchev–Trinajstić information content (AvgIpc) is 3.01. The van der Waals surface area contributed by atoms with Crippen LogP contribution >= 0.6 is 11.8 Å². The number of imidazole rings is 1. The molecule has 0 aliphatic rings. The second kappa shape index (κ2) is 7.89. The first-order valence-electron chi connectivity index (χ1n) is 7.24. The fourth-order valence-electron chi connectivity index (χ4n) is 2.20. The number of benzene rings is 1. The van der Waals surface area contributed by atoms with Gasteiger partial charge in [0.25, 0.3) is 0 Å². The van der Waals surface area contributed by atoms with Gasteiger partial charge >= 0.3 is 6.03 Å². The number of nitrogens with one attached hydrogen (secondary N) is 2. The summed E-state index contributed by atoms with van der Waals surface area (Å²) >= 11 is 1.72. The summed E-state index contributed by atoms with van der Waals surface area (Å²) < 4.78 is 1.94. The molecular weight excluding hydrogens is 296 g/mol. The molecule has 0 spiro atoms. The summed E-state index contributed by atoms with van der Waals surface area (Å²) in [5, 5.41) is 5.91. The molecule has 5 nitrogen and oxygen atoms in total. The molecule has 2 amide bonds. The molecule has 1 heterocycles. The number of urea groups is 1. The van der Waals surface area contributed by atoms with Crippen molar-refractivity contribution < 1.29 is 4.79 Å². The Labute approximate surface area is 135 Å². The van der Waals surface area contributed by atoms with Crippen molar-refractivity contribution in [3.8, 4) is 5.69 Å². The van der Waals surface area contributed by atoms with Crippen LogP contribution in [0.15, 0.2) is 43.0 Å². The number of aromatic nitrogens is 2. The molecule has 22 heavy (non-hydrogen) atoms. The summed E-state index contributed by atoms with van der Waals surface area (Å²) in [7, 11) is 0. The van der Waals surface area contributed by atoms with E-state index >= 15 is 0 Å². The standard InChI is InChI=1S/C16H22N4OS/c1-12(10-22-3)18-16(21)19-13(2)14-5-4-6-15(9-14)20-8-7-17-11-20/h4-9,11-13H,10H2,1-3H3,(H2,18,19,21)/t12-,13+/m0/s1. The van der Waals surface area contributed by atoms with Crippen LogP contribution in [0.1, 0.15) is 25.5 Å². The topological polar surface area (TPSA) is 59.0 Å². The first-order valence-corrected chi connectivity index (χ1v) is 8.63. The second-order valence-corrected chi connectivity index (χ2v) is 6.17. The zero-order valence-electron chi connectivity index (χ0n) is 13.1. The Bertz CT molecular complexity index is 600. The highest BCUT2D eigenvalue weighted by Crippen LogP contribution is 2.16. The minimum atomic E-state index is -0.137. The molecule has 118 valence electrons. The zero-order chi connectivity index (χ0) is 15.9. The molecule has 0 saturated heterocycles. The quantitative estimate of drug-likeness (QED) is 0.861. The number of nitrogens with zero attached hydrogens (tertiary/aromatic N) is 2. The van der Waals surface area contributed by atoms with Crippen LogP contribution in [-0.2, 0) is 0 Å². The average molecular weight is 318 g/mol. The van der Waals surface area contributed by atoms with Crippen LogP contribution in [0.3, 0.4) is 0 Å². The predicted molar refractivity (Wildman–Crippen MR) is 91.5 cm³/mol. The van der Waals surface area contributed by atoms with E-state index < -0.39 is 0 Å². The number of carbonyl (C=O) groups is 1. The third kappa shape index (κ3) is 4.53. The van der Waals surface area contributed by atoms with Crippen molar-refractivity contribution in [3.05, 3.63) is 48.5 Å². The van der Waals surface area contributed by atoms with E-state index in [9.17, 15) is 4.79 Å². The maximum absolute atomic E-state index is 12.0. The van der Waals surface area contributed by atoms with Gasteiger partial charge in [-0.2, -0.15) is 11.8 Å². The van der Waals surface area contributed by atoms with Gasteiger partial charge in [-0.15, -0.1) is 0 Å². The summed E-state index contributed by atoms with van der Waals surface area (Å²) in [5.41, 5.74) is 2.08. The summed E-state index contributed by atoms with van der Waals surface area (Å²) in [6.07, 6.45) is 7.43. The lowest BCUT2D eigenvalue weighted by atomic mass is 10.1. The van der Waals surface area contributed by atoms with E-state index in [2.05, 4.69) is 21.7 Å². The van der Waals surface area contributed by atoms with Crippen LogP contribution in [-0.4, -0.2) is 33.6 Å². The van der Waals surface area contributed by atoms with Crippen molar-refractivity contribution in [1.82, 2.24) is 20.2 Å². The van der Waals surface area contributed by atoms with Gasteiger partial charge in [0, 0.05) is 29.9 Å². The maximum Gasteiger partial charge on any atom is 0.315 e. The van der Waals surface area contributed by atoms with E-state index in [1.54, 1.807) is 24.3 Å². The number of amides is 2. The van der Waals surface area contributed by atoms with Gasteiger partial charge in [-0.05, 0) is 37.8 Å². The monoisotopic (exact) mass is 318 g/mol. The number of hydrogen-bond donors (Lipinski definition) is 2. The first kappa shape index (κ1) is 16.4. The van der Waals surface area contributed by atoms with Crippen molar-refractivity contribution in [2.45, 2.75) is 25.9 Å². The van der Waals surface area contributed by atoms with Crippen molar-refractivity contribution >= 4 is 17.8 Å². The predicted octanol–water partition coefficient (Wildman–Crippen LogP) is 2.98. The minimum Gasteiger partial charge on any atom is -0.335 e. The highest BCUT2D eigenvalue weighted by Gasteiger charge is 2.12. The largest absolute Gasteiger partial charge is 0.335 e. The SMILES string of the molecule is CSC[C@H](C)NC(=O)N[C@H](C)c1cccc(-n2ccnc2)c1. The van der Waals surface area contributed by atoms with Crippen molar-refractivity contribution in [2.24, 2.45) is 0 Å². The van der Waals surface area contributed by atoms with Crippen molar-refractivity contribution in [3.63, 3.8) is 0 Å². The third-order valence-electron chi connectivity index (χ3n) is 3.31. The molecule has 2 atom stereocenters. The highest BCUT2D eigenvalue weighted by atomic mass is 32.2. The lowest BCUT2D eigenvalue weighted by Crippen LogP contribution is -2.42. The van der Waals surface area contributed by atoms with Gasteiger partial charge in [0.2, 0.25) is 0 Å². The fourth-order valence-corrected chi connectivity index (χ4v) is 2.79. The molecule has 2 aromatic rings. The molecule has 1 aromatic heterocycles. The van der Waals surface area contributed by atoms with Gasteiger partial charge in [-0.3, -0.25) is 0 Å². The van der Waals surface area contributed by atoms with Gasteiger partial charge in [-0.25, -0.2) is 9.78 Å². The van der Waals surface area contributed by atoms with E-state index in [-0.39, 0.29) is 18.1 Å². The van der Waals surface area contributed by atoms with E-state index in [1.165, 1.54) is 0 Å². The smallest absolute Gasteiger partial charge is 0.315 e. The van der Waals surface area contributed by atoms with Crippen molar-refractivity contribution in [1.29, 1.82) is 0 Å². The van der Waals surface area contributed by atoms with E-state index in [1.807, 2.05) is 49.1 Å². The lowest BCUT2D eigenvalue weighted by Gasteiger charge is -2.18. The van der Waals surface area contributed by atoms with E-state index in [4.69, 9.17) is 0 Å². The highest BCUT2D eigenvalue weighted by molar-refractivity contribution is 7.98. The van der Waals surface area contributed by atoms with Crippen LogP contribution < -0.4 is 10.6 Å². The number of thioether (sulfide) groups is 1. The molecule has 2 rings (SSSR count). The number of hydrogen-bond acceptors (Lipinski definition) is 3. The molecule has 0 fully saturated rings. The Kier molecular flexibility index (Phi) is 5.89. The molecule has 0 radical (unpaired) electrons. The fraction of sp³-hybridized carbons (Fsp3) is 0.375. The molecule has 0 saturated carbocycles. The summed E-state index contributed by atoms with van der Waals surface area (Å²) in [6, 6.07) is 8.01. The zero-order valence-corrected chi connectivity index (χ0v) is 13.9. The Morgan fingerprint density at radius 1 is 1.36 bits per heavy atom. The normalized spacial score (nSPS) is 13.4. The first-order chi connectivity index (χ1) is 10.6. The molecule has 6 heteroatoms. The number of carbonyl (C=O) groups excluding carboxylic acids is 1. The van der Waals surface area contributed by atoms with E-state index in [0.29, 0.717) is 0 Å². The second-order valence-electron chi connectivity index (χ2n) is 5.26. The molecule has 0 aliphatic carbocycles. The molecular formula is C16H22N4OS. The molecule has 1 aromatic carbocycles. The molecule has 0 bridgehead atoms. The van der Waals surface area contributed by atoms with Crippen LogP contribution in [0.2, 0.25) is 0 Å². The third-order valence-corrected chi connectivity index (χ3v) is 4.15. The Morgan fingerprint density at radius 2 is 2.18 bits per heavy atom. The maximum atomic E-state index is 12.0. The lowest BCUT2D eigenvalue weighted by molar-refractivity contribution is 0.235. The minimum absolute atomic E-state index is 0.0649. The van der Waals surface area contributed by atoms with E-state index in [0.717, 1.165) is 17.0 Å². The molecule has 0 aliphatic heterocycles. The summed E-state index contributed by atoms with van der Waals surface area (Å²) in [6.45, 7) is 3.98. The van der Waals surface area contributed by atoms with Crippen LogP contribution in [0.4, 0.5) is 4.79 Å². The van der Waals surface area contributed by atoms with Gasteiger partial charge in [0.05, 0.1) is 12.4 Å². The Hall–Kier alpha value is -1.95. The van der Waals surface area contributed by atoms with Gasteiger partial charge in [-0.1, -0.05) is 12.1 Å². The van der Waals surface area contributed by atoms with Gasteiger partial charge in [0.15, 0.2) is 0 Å². The summed E-state index contributed by atoms with van der Waals surface area (Å²) in [4.78, 5) is 16.0. The van der Waals surface area contributed by atoms with Gasteiger partial charge in [0.1, 0.15) is 0 Å². The Balaban J connectivity index is 1.99. The molecule has 0 unspecified atom stereocenters. The number of rotatable bonds is 6. The van der Waals surface area contributed by atoms with Gasteiger partial charge < -0.3 is 15.2 Å². The van der Waals surface area contributed by atoms with Crippen LogP contribution in [0, 0.1) is 0 Å². The van der Waals surface area contributed by atoms with Crippen LogP contribution in [0.25, 0.3) is 5.69 Å². The summed E-state index contributed by atoms with van der Waals surface area (Å²) in [5.74, 6) is 0.901.